The molecule has 0 bridgehead atoms. The van der Waals surface area contributed by atoms with Gasteiger partial charge in [0.25, 0.3) is 0 Å². The monoisotopic (exact) mass is 322 g/mol. The number of carbonyl (C=O) groups excluding carboxylic acids is 1. The van der Waals surface area contributed by atoms with Gasteiger partial charge < -0.3 is 14.9 Å². The van der Waals surface area contributed by atoms with E-state index in [1.165, 1.54) is 44.6 Å². The molecule has 0 fully saturated rings. The van der Waals surface area contributed by atoms with Crippen LogP contribution in [0.15, 0.2) is 12.1 Å². The van der Waals surface area contributed by atoms with E-state index in [1.54, 1.807) is 13.0 Å². The molecule has 0 radical (unpaired) electrons. The number of phenols is 2. The first kappa shape index (κ1) is 19.3. The summed E-state index contributed by atoms with van der Waals surface area (Å²) in [6, 6.07) is 2.73. The van der Waals surface area contributed by atoms with Crippen molar-refractivity contribution in [3.8, 4) is 11.5 Å². The molecule has 0 heterocycles. The lowest BCUT2D eigenvalue weighted by Gasteiger charge is -2.11. The van der Waals surface area contributed by atoms with Crippen molar-refractivity contribution in [3.05, 3.63) is 23.3 Å². The van der Waals surface area contributed by atoms with Crippen LogP contribution in [0.2, 0.25) is 0 Å². The Hall–Kier alpha value is -1.71. The molecular weight excluding hydrogens is 292 g/mol. The van der Waals surface area contributed by atoms with Gasteiger partial charge in [-0.25, -0.2) is 4.79 Å². The quantitative estimate of drug-likeness (QED) is 0.446. The Kier molecular flexibility index (Phi) is 9.18. The van der Waals surface area contributed by atoms with Gasteiger partial charge in [0, 0.05) is 6.07 Å². The lowest BCUT2D eigenvalue weighted by atomic mass is 9.99. The van der Waals surface area contributed by atoms with Crippen LogP contribution in [-0.2, 0) is 11.2 Å². The second-order valence-corrected chi connectivity index (χ2v) is 5.94. The predicted molar refractivity (Wildman–Crippen MR) is 92.0 cm³/mol. The van der Waals surface area contributed by atoms with Crippen LogP contribution in [0.5, 0.6) is 11.5 Å². The highest BCUT2D eigenvalue weighted by molar-refractivity contribution is 5.94. The molecule has 2 N–H and O–H groups in total. The van der Waals surface area contributed by atoms with Gasteiger partial charge in [0.05, 0.1) is 6.61 Å². The predicted octanol–water partition coefficient (Wildman–Crippen LogP) is 4.96. The van der Waals surface area contributed by atoms with Crippen LogP contribution in [0.3, 0.4) is 0 Å². The third-order valence-electron chi connectivity index (χ3n) is 3.96. The number of aryl methyl sites for hydroxylation is 1. The maximum absolute atomic E-state index is 12.0. The van der Waals surface area contributed by atoms with E-state index in [4.69, 9.17) is 4.74 Å². The number of phenolic OH excluding ortho intramolecular Hbond substituents is 2. The number of ether oxygens (including phenoxy) is 1. The lowest BCUT2D eigenvalue weighted by molar-refractivity contribution is 0.0521. The zero-order chi connectivity index (χ0) is 17.1. The molecule has 0 spiro atoms. The van der Waals surface area contributed by atoms with Crippen molar-refractivity contribution < 1.29 is 19.7 Å². The number of hydrogen-bond acceptors (Lipinski definition) is 4. The third kappa shape index (κ3) is 6.93. The van der Waals surface area contributed by atoms with Gasteiger partial charge in [-0.3, -0.25) is 0 Å². The Labute approximate surface area is 139 Å². The highest BCUT2D eigenvalue weighted by atomic mass is 16.5. The number of carbonyl (C=O) groups is 1. The van der Waals surface area contributed by atoms with Crippen LogP contribution < -0.4 is 0 Å². The van der Waals surface area contributed by atoms with E-state index in [0.29, 0.717) is 12.0 Å². The molecule has 0 saturated heterocycles. The lowest BCUT2D eigenvalue weighted by Crippen LogP contribution is -2.08. The van der Waals surface area contributed by atoms with Gasteiger partial charge in [-0.2, -0.15) is 0 Å². The number of benzene rings is 1. The number of aromatic hydroxyl groups is 2. The average molecular weight is 322 g/mol. The molecule has 4 heteroatoms. The van der Waals surface area contributed by atoms with Crippen molar-refractivity contribution in [2.45, 2.75) is 71.6 Å². The molecule has 0 unspecified atom stereocenters. The van der Waals surface area contributed by atoms with Crippen molar-refractivity contribution in [2.75, 3.05) is 6.61 Å². The summed E-state index contributed by atoms with van der Waals surface area (Å²) in [6.45, 7) is 4.20. The van der Waals surface area contributed by atoms with Crippen molar-refractivity contribution in [3.63, 3.8) is 0 Å². The van der Waals surface area contributed by atoms with Crippen LogP contribution >= 0.6 is 0 Å². The van der Waals surface area contributed by atoms with E-state index in [9.17, 15) is 15.0 Å². The van der Waals surface area contributed by atoms with Gasteiger partial charge in [0.15, 0.2) is 0 Å². The maximum Gasteiger partial charge on any atom is 0.342 e. The summed E-state index contributed by atoms with van der Waals surface area (Å²) in [5.74, 6) is -0.761. The molecule has 130 valence electrons. The molecule has 0 saturated carbocycles. The summed E-state index contributed by atoms with van der Waals surface area (Å²) in [4.78, 5) is 12.0. The van der Waals surface area contributed by atoms with E-state index in [2.05, 4.69) is 6.92 Å². The number of unbranched alkanes of at least 4 members (excludes halogenated alkanes) is 7. The topological polar surface area (TPSA) is 66.8 Å². The molecular formula is C19H30O4. The number of hydrogen-bond donors (Lipinski definition) is 2. The van der Waals surface area contributed by atoms with Gasteiger partial charge in [-0.15, -0.1) is 0 Å². The van der Waals surface area contributed by atoms with Crippen molar-refractivity contribution in [2.24, 2.45) is 0 Å². The summed E-state index contributed by atoms with van der Waals surface area (Å²) < 4.78 is 4.99. The summed E-state index contributed by atoms with van der Waals surface area (Å²) in [7, 11) is 0. The Balaban J connectivity index is 2.50. The summed E-state index contributed by atoms with van der Waals surface area (Å²) in [5.41, 5.74) is 0.847. The first-order chi connectivity index (χ1) is 11.1. The van der Waals surface area contributed by atoms with Crippen LogP contribution in [0.4, 0.5) is 0 Å². The minimum atomic E-state index is -0.528. The molecule has 23 heavy (non-hydrogen) atoms. The molecule has 1 rings (SSSR count). The van der Waals surface area contributed by atoms with E-state index < -0.39 is 5.97 Å². The smallest absolute Gasteiger partial charge is 0.342 e. The summed E-state index contributed by atoms with van der Waals surface area (Å²) in [5, 5.41) is 19.6. The van der Waals surface area contributed by atoms with Crippen LogP contribution in [0.25, 0.3) is 0 Å². The molecule has 1 aromatic rings. The zero-order valence-corrected chi connectivity index (χ0v) is 14.4. The molecule has 4 nitrogen and oxygen atoms in total. The summed E-state index contributed by atoms with van der Waals surface area (Å²) in [6.07, 6.45) is 10.3. The highest BCUT2D eigenvalue weighted by Crippen LogP contribution is 2.29. The van der Waals surface area contributed by atoms with Crippen molar-refractivity contribution in [1.82, 2.24) is 0 Å². The van der Waals surface area contributed by atoms with Gasteiger partial charge >= 0.3 is 5.97 Å². The van der Waals surface area contributed by atoms with E-state index in [1.807, 2.05) is 0 Å². The highest BCUT2D eigenvalue weighted by Gasteiger charge is 2.18. The Morgan fingerprint density at radius 3 is 2.17 bits per heavy atom. The Morgan fingerprint density at radius 1 is 0.957 bits per heavy atom. The molecule has 0 aromatic heterocycles. The van der Waals surface area contributed by atoms with Gasteiger partial charge in [-0.1, -0.05) is 51.9 Å². The Bertz CT molecular complexity index is 483. The maximum atomic E-state index is 12.0. The second-order valence-electron chi connectivity index (χ2n) is 5.94. The first-order valence-corrected chi connectivity index (χ1v) is 8.82. The third-order valence-corrected chi connectivity index (χ3v) is 3.96. The molecule has 0 aliphatic heterocycles. The van der Waals surface area contributed by atoms with E-state index in [-0.39, 0.29) is 23.7 Å². The van der Waals surface area contributed by atoms with Crippen LogP contribution in [0.1, 0.15) is 81.1 Å². The minimum Gasteiger partial charge on any atom is -0.508 e. The van der Waals surface area contributed by atoms with Crippen molar-refractivity contribution in [1.29, 1.82) is 0 Å². The SMILES string of the molecule is CCCCCCCCCCc1cc(O)cc(O)c1C(=O)OCC. The number of esters is 1. The average Bonchev–Trinajstić information content (AvgIpc) is 2.49. The first-order valence-electron chi connectivity index (χ1n) is 8.82. The van der Waals surface area contributed by atoms with Crippen molar-refractivity contribution >= 4 is 5.97 Å². The molecule has 1 aromatic carbocycles. The minimum absolute atomic E-state index is 0.0230. The van der Waals surface area contributed by atoms with E-state index >= 15 is 0 Å². The molecule has 0 amide bonds. The fraction of sp³-hybridized carbons (Fsp3) is 0.632. The zero-order valence-electron chi connectivity index (χ0n) is 14.4. The second kappa shape index (κ2) is 10.9. The summed E-state index contributed by atoms with van der Waals surface area (Å²) >= 11 is 0. The van der Waals surface area contributed by atoms with Gasteiger partial charge in [0.2, 0.25) is 0 Å². The Morgan fingerprint density at radius 2 is 1.57 bits per heavy atom. The van der Waals surface area contributed by atoms with E-state index in [0.717, 1.165) is 12.8 Å². The standard InChI is InChI=1S/C19H30O4/c1-3-5-6-7-8-9-10-11-12-15-13-16(20)14-17(21)18(15)19(22)23-4-2/h13-14,20-21H,3-12H2,1-2H3. The largest absolute Gasteiger partial charge is 0.508 e. The van der Waals surface area contributed by atoms with Crippen LogP contribution in [-0.4, -0.2) is 22.8 Å². The van der Waals surface area contributed by atoms with Crippen LogP contribution in [0, 0.1) is 0 Å². The normalized spacial score (nSPS) is 10.7. The fourth-order valence-corrected chi connectivity index (χ4v) is 2.75. The fourth-order valence-electron chi connectivity index (χ4n) is 2.75. The molecule has 0 aliphatic carbocycles. The number of rotatable bonds is 11. The molecule has 0 atom stereocenters. The molecule has 0 aliphatic rings. The van der Waals surface area contributed by atoms with Gasteiger partial charge in [0.1, 0.15) is 17.1 Å². The van der Waals surface area contributed by atoms with Gasteiger partial charge in [-0.05, 0) is 31.4 Å².